The van der Waals surface area contributed by atoms with Gasteiger partial charge in [-0.25, -0.2) is 9.78 Å². The molecule has 3 rings (SSSR count). The molecule has 6 nitrogen and oxygen atoms in total. The van der Waals surface area contributed by atoms with Crippen LogP contribution in [-0.4, -0.2) is 34.9 Å². The summed E-state index contributed by atoms with van der Waals surface area (Å²) in [6, 6.07) is 9.26. The van der Waals surface area contributed by atoms with E-state index in [0.29, 0.717) is 31.1 Å². The minimum absolute atomic E-state index is 0.0110. The number of hydrogen-bond donors (Lipinski definition) is 2. The fraction of sp³-hybridized carbons (Fsp3) is 0.312. The van der Waals surface area contributed by atoms with Crippen molar-refractivity contribution in [3.05, 3.63) is 41.9 Å². The smallest absolute Gasteiger partial charge is 0.321 e. The molecule has 1 aromatic carbocycles. The second kappa shape index (κ2) is 7.23. The number of hydrogen-bond acceptors (Lipinski definition) is 4. The maximum Gasteiger partial charge on any atom is 0.321 e. The van der Waals surface area contributed by atoms with Crippen LogP contribution in [0.1, 0.15) is 12.8 Å². The van der Waals surface area contributed by atoms with Gasteiger partial charge in [0.25, 0.3) is 0 Å². The number of urea groups is 1. The van der Waals surface area contributed by atoms with Crippen molar-refractivity contribution in [2.24, 2.45) is 5.92 Å². The number of amides is 3. The number of rotatable bonds is 3. The summed E-state index contributed by atoms with van der Waals surface area (Å²) < 4.78 is 0. The van der Waals surface area contributed by atoms with Crippen LogP contribution in [0.5, 0.6) is 0 Å². The van der Waals surface area contributed by atoms with Crippen molar-refractivity contribution >= 4 is 34.1 Å². The Bertz CT molecular complexity index is 652. The number of anilines is 2. The first-order chi connectivity index (χ1) is 11.2. The van der Waals surface area contributed by atoms with Crippen LogP contribution in [0.15, 0.2) is 41.9 Å². The van der Waals surface area contributed by atoms with Crippen molar-refractivity contribution in [3.63, 3.8) is 0 Å². The molecule has 1 saturated heterocycles. The Morgan fingerprint density at radius 3 is 2.52 bits per heavy atom. The average molecular weight is 330 g/mol. The van der Waals surface area contributed by atoms with Gasteiger partial charge in [0.15, 0.2) is 5.13 Å². The summed E-state index contributed by atoms with van der Waals surface area (Å²) >= 11 is 1.40. The van der Waals surface area contributed by atoms with Crippen LogP contribution in [0.2, 0.25) is 0 Å². The quantitative estimate of drug-likeness (QED) is 0.908. The third-order valence-corrected chi connectivity index (χ3v) is 4.53. The molecule has 1 aliphatic heterocycles. The molecule has 0 saturated carbocycles. The molecule has 1 fully saturated rings. The fourth-order valence-corrected chi connectivity index (χ4v) is 3.09. The number of benzene rings is 1. The van der Waals surface area contributed by atoms with Crippen LogP contribution < -0.4 is 10.6 Å². The second-order valence-electron chi connectivity index (χ2n) is 5.38. The molecule has 23 heavy (non-hydrogen) atoms. The molecule has 1 aliphatic rings. The predicted octanol–water partition coefficient (Wildman–Crippen LogP) is 3.03. The third-order valence-electron chi connectivity index (χ3n) is 3.84. The molecule has 0 bridgehead atoms. The summed E-state index contributed by atoms with van der Waals surface area (Å²) in [5, 5.41) is 8.14. The molecule has 0 unspecified atom stereocenters. The number of piperidine rings is 1. The van der Waals surface area contributed by atoms with Crippen molar-refractivity contribution in [2.45, 2.75) is 12.8 Å². The van der Waals surface area contributed by atoms with E-state index < -0.39 is 0 Å². The van der Waals surface area contributed by atoms with E-state index >= 15 is 0 Å². The van der Waals surface area contributed by atoms with E-state index in [0.717, 1.165) is 5.69 Å². The number of nitrogens with zero attached hydrogens (tertiary/aromatic N) is 2. The van der Waals surface area contributed by atoms with Gasteiger partial charge in [-0.2, -0.15) is 0 Å². The number of carbonyl (C=O) groups is 2. The predicted molar refractivity (Wildman–Crippen MR) is 90.5 cm³/mol. The van der Waals surface area contributed by atoms with Crippen LogP contribution in [0.4, 0.5) is 15.6 Å². The van der Waals surface area contributed by atoms with Gasteiger partial charge >= 0.3 is 6.03 Å². The van der Waals surface area contributed by atoms with E-state index in [4.69, 9.17) is 0 Å². The van der Waals surface area contributed by atoms with Crippen molar-refractivity contribution in [1.82, 2.24) is 9.88 Å². The molecule has 2 aromatic rings. The van der Waals surface area contributed by atoms with E-state index in [-0.39, 0.29) is 17.9 Å². The van der Waals surface area contributed by atoms with Crippen molar-refractivity contribution in [2.75, 3.05) is 23.7 Å². The zero-order valence-corrected chi connectivity index (χ0v) is 13.4. The van der Waals surface area contributed by atoms with Gasteiger partial charge in [0, 0.05) is 36.3 Å². The number of para-hydroxylation sites is 1. The molecule has 2 heterocycles. The Balaban J connectivity index is 1.48. The Morgan fingerprint density at radius 2 is 1.87 bits per heavy atom. The van der Waals surface area contributed by atoms with E-state index in [1.807, 2.05) is 35.7 Å². The number of aromatic nitrogens is 1. The summed E-state index contributed by atoms with van der Waals surface area (Å²) in [5.74, 6) is -0.0808. The molecule has 120 valence electrons. The maximum atomic E-state index is 12.2. The first-order valence-electron chi connectivity index (χ1n) is 7.54. The van der Waals surface area contributed by atoms with Gasteiger partial charge in [0.05, 0.1) is 0 Å². The molecular formula is C16H18N4O2S. The largest absolute Gasteiger partial charge is 0.324 e. The first-order valence-corrected chi connectivity index (χ1v) is 8.41. The fourth-order valence-electron chi connectivity index (χ4n) is 2.56. The number of carbonyl (C=O) groups excluding carboxylic acids is 2. The van der Waals surface area contributed by atoms with Gasteiger partial charge < -0.3 is 15.5 Å². The average Bonchev–Trinajstić information content (AvgIpc) is 3.09. The summed E-state index contributed by atoms with van der Waals surface area (Å²) in [6.45, 7) is 1.16. The lowest BCUT2D eigenvalue weighted by atomic mass is 9.96. The zero-order chi connectivity index (χ0) is 16.1. The highest BCUT2D eigenvalue weighted by atomic mass is 32.1. The van der Waals surface area contributed by atoms with Gasteiger partial charge in [0.1, 0.15) is 0 Å². The molecule has 3 amide bonds. The van der Waals surface area contributed by atoms with Crippen molar-refractivity contribution in [1.29, 1.82) is 0 Å². The SMILES string of the molecule is O=C(Nc1nccs1)C1CCN(C(=O)Nc2ccccc2)CC1. The molecule has 0 atom stereocenters. The highest BCUT2D eigenvalue weighted by Crippen LogP contribution is 2.21. The highest BCUT2D eigenvalue weighted by molar-refractivity contribution is 7.13. The molecule has 0 spiro atoms. The molecule has 0 aliphatic carbocycles. The standard InChI is InChI=1S/C16H18N4O2S/c21-14(19-15-17-8-11-23-15)12-6-9-20(10-7-12)16(22)18-13-4-2-1-3-5-13/h1-5,8,11-12H,6-7,9-10H2,(H,18,22)(H,17,19,21). The van der Waals surface area contributed by atoms with Gasteiger partial charge in [-0.15, -0.1) is 11.3 Å². The van der Waals surface area contributed by atoms with Crippen molar-refractivity contribution in [3.8, 4) is 0 Å². The van der Waals surface area contributed by atoms with E-state index in [1.54, 1.807) is 11.1 Å². The minimum Gasteiger partial charge on any atom is -0.324 e. The van der Waals surface area contributed by atoms with E-state index in [2.05, 4.69) is 15.6 Å². The number of thiazole rings is 1. The van der Waals surface area contributed by atoms with Gasteiger partial charge in [-0.05, 0) is 25.0 Å². The lowest BCUT2D eigenvalue weighted by Gasteiger charge is -2.31. The minimum atomic E-state index is -0.116. The topological polar surface area (TPSA) is 74.3 Å². The Hall–Kier alpha value is -2.41. The van der Waals surface area contributed by atoms with Crippen molar-refractivity contribution < 1.29 is 9.59 Å². The first kappa shape index (κ1) is 15.5. The molecule has 2 N–H and O–H groups in total. The summed E-state index contributed by atoms with van der Waals surface area (Å²) in [5.41, 5.74) is 0.779. The highest BCUT2D eigenvalue weighted by Gasteiger charge is 2.27. The van der Waals surface area contributed by atoms with Crippen LogP contribution in [0.25, 0.3) is 0 Å². The Morgan fingerprint density at radius 1 is 1.13 bits per heavy atom. The Labute approximate surface area is 138 Å². The number of nitrogens with one attached hydrogen (secondary N) is 2. The lowest BCUT2D eigenvalue weighted by Crippen LogP contribution is -2.43. The Kier molecular flexibility index (Phi) is 4.87. The van der Waals surface area contributed by atoms with Crippen LogP contribution >= 0.6 is 11.3 Å². The van der Waals surface area contributed by atoms with Crippen LogP contribution in [0, 0.1) is 5.92 Å². The molecule has 7 heteroatoms. The van der Waals surface area contributed by atoms with Gasteiger partial charge in [0.2, 0.25) is 5.91 Å². The number of likely N-dealkylation sites (tertiary alicyclic amines) is 1. The van der Waals surface area contributed by atoms with Crippen LogP contribution in [-0.2, 0) is 4.79 Å². The maximum absolute atomic E-state index is 12.2. The lowest BCUT2D eigenvalue weighted by molar-refractivity contribution is -0.121. The van der Waals surface area contributed by atoms with E-state index in [1.165, 1.54) is 11.3 Å². The summed E-state index contributed by atoms with van der Waals surface area (Å²) in [7, 11) is 0. The summed E-state index contributed by atoms with van der Waals surface area (Å²) in [4.78, 5) is 30.2. The normalized spacial score (nSPS) is 15.2. The van der Waals surface area contributed by atoms with Gasteiger partial charge in [-0.1, -0.05) is 18.2 Å². The van der Waals surface area contributed by atoms with E-state index in [9.17, 15) is 9.59 Å². The summed E-state index contributed by atoms with van der Waals surface area (Å²) in [6.07, 6.45) is 3.00. The molecule has 1 aromatic heterocycles. The zero-order valence-electron chi connectivity index (χ0n) is 12.6. The second-order valence-corrected chi connectivity index (χ2v) is 6.28. The monoisotopic (exact) mass is 330 g/mol. The third kappa shape index (κ3) is 4.07. The molecular weight excluding hydrogens is 312 g/mol. The molecule has 0 radical (unpaired) electrons. The van der Waals surface area contributed by atoms with Gasteiger partial charge in [-0.3, -0.25) is 4.79 Å². The van der Waals surface area contributed by atoms with Crippen LogP contribution in [0.3, 0.4) is 0 Å².